The van der Waals surface area contributed by atoms with E-state index in [1.54, 1.807) is 0 Å². The molecule has 2 unspecified atom stereocenters. The second kappa shape index (κ2) is 8.03. The number of hydrogen-bond donors (Lipinski definition) is 1. The quantitative estimate of drug-likeness (QED) is 0.812. The molecule has 1 aromatic carbocycles. The first-order valence-electron chi connectivity index (χ1n) is 6.73. The molecular formula is C15H25ClN2S. The minimum absolute atomic E-state index is 0.278. The third-order valence-corrected chi connectivity index (χ3v) is 4.71. The maximum atomic E-state index is 6.40. The van der Waals surface area contributed by atoms with Gasteiger partial charge in [-0.1, -0.05) is 24.6 Å². The monoisotopic (exact) mass is 300 g/mol. The van der Waals surface area contributed by atoms with Crippen LogP contribution in [0.3, 0.4) is 0 Å². The lowest BCUT2D eigenvalue weighted by atomic mass is 10.1. The van der Waals surface area contributed by atoms with Crippen molar-refractivity contribution in [3.63, 3.8) is 0 Å². The number of thioether (sulfide) groups is 1. The highest BCUT2D eigenvalue weighted by Crippen LogP contribution is 2.28. The second-order valence-corrected chi connectivity index (χ2v) is 6.16. The summed E-state index contributed by atoms with van der Waals surface area (Å²) in [5, 5.41) is 4.06. The average molecular weight is 301 g/mol. The van der Waals surface area contributed by atoms with Crippen LogP contribution in [0.25, 0.3) is 0 Å². The normalized spacial score (nSPS) is 14.2. The van der Waals surface area contributed by atoms with E-state index in [4.69, 9.17) is 11.6 Å². The van der Waals surface area contributed by atoms with Gasteiger partial charge in [0, 0.05) is 35.6 Å². The summed E-state index contributed by atoms with van der Waals surface area (Å²) < 4.78 is 0. The molecule has 0 heterocycles. The van der Waals surface area contributed by atoms with E-state index in [0.717, 1.165) is 22.8 Å². The molecule has 0 amide bonds. The Morgan fingerprint density at radius 1 is 1.42 bits per heavy atom. The molecule has 0 aromatic heterocycles. The molecule has 0 aliphatic carbocycles. The zero-order valence-corrected chi connectivity index (χ0v) is 14.1. The Morgan fingerprint density at radius 3 is 2.58 bits per heavy atom. The fourth-order valence-electron chi connectivity index (χ4n) is 2.15. The lowest BCUT2D eigenvalue weighted by molar-refractivity contribution is 0.650. The van der Waals surface area contributed by atoms with Gasteiger partial charge in [-0.25, -0.2) is 0 Å². The Labute approximate surface area is 126 Å². The SMILES string of the molecule is CCC(CSC)N(C)c1ccc(C(C)NC)c(Cl)c1. The molecule has 19 heavy (non-hydrogen) atoms. The molecular weight excluding hydrogens is 276 g/mol. The van der Waals surface area contributed by atoms with Gasteiger partial charge in [0.2, 0.25) is 0 Å². The lowest BCUT2D eigenvalue weighted by Crippen LogP contribution is -2.33. The van der Waals surface area contributed by atoms with Crippen molar-refractivity contribution in [3.8, 4) is 0 Å². The third kappa shape index (κ3) is 4.30. The van der Waals surface area contributed by atoms with E-state index in [2.05, 4.69) is 55.6 Å². The summed E-state index contributed by atoms with van der Waals surface area (Å²) in [6.45, 7) is 4.35. The van der Waals surface area contributed by atoms with E-state index in [-0.39, 0.29) is 6.04 Å². The Kier molecular flexibility index (Phi) is 7.05. The standard InChI is InChI=1S/C15H25ClN2S/c1-6-12(10-19-5)18(4)13-7-8-14(11(2)17-3)15(16)9-13/h7-9,11-12,17H,6,10H2,1-5H3. The van der Waals surface area contributed by atoms with Gasteiger partial charge >= 0.3 is 0 Å². The van der Waals surface area contributed by atoms with Gasteiger partial charge in [0.1, 0.15) is 0 Å². The summed E-state index contributed by atoms with van der Waals surface area (Å²) >= 11 is 8.29. The van der Waals surface area contributed by atoms with Gasteiger partial charge in [-0.15, -0.1) is 0 Å². The molecule has 0 aliphatic heterocycles. The highest BCUT2D eigenvalue weighted by Gasteiger charge is 2.15. The van der Waals surface area contributed by atoms with Crippen LogP contribution in [0.2, 0.25) is 5.02 Å². The molecule has 0 fully saturated rings. The highest BCUT2D eigenvalue weighted by molar-refractivity contribution is 7.98. The van der Waals surface area contributed by atoms with Crippen LogP contribution in [0.5, 0.6) is 0 Å². The predicted molar refractivity (Wildman–Crippen MR) is 89.8 cm³/mol. The van der Waals surface area contributed by atoms with Crippen molar-refractivity contribution in [2.24, 2.45) is 0 Å². The minimum Gasteiger partial charge on any atom is -0.371 e. The second-order valence-electron chi connectivity index (χ2n) is 4.84. The van der Waals surface area contributed by atoms with Gasteiger partial charge in [0.05, 0.1) is 0 Å². The van der Waals surface area contributed by atoms with Gasteiger partial charge < -0.3 is 10.2 Å². The van der Waals surface area contributed by atoms with Crippen LogP contribution in [-0.4, -0.2) is 32.1 Å². The fraction of sp³-hybridized carbons (Fsp3) is 0.600. The van der Waals surface area contributed by atoms with Gasteiger partial charge in [-0.2, -0.15) is 11.8 Å². The van der Waals surface area contributed by atoms with Gasteiger partial charge in [-0.3, -0.25) is 0 Å². The van der Waals surface area contributed by atoms with Crippen molar-refractivity contribution < 1.29 is 0 Å². The molecule has 2 atom stereocenters. The van der Waals surface area contributed by atoms with Crippen LogP contribution in [0.15, 0.2) is 18.2 Å². The molecule has 0 saturated heterocycles. The van der Waals surface area contributed by atoms with Crippen molar-refractivity contribution in [1.29, 1.82) is 0 Å². The zero-order valence-electron chi connectivity index (χ0n) is 12.5. The maximum absolute atomic E-state index is 6.40. The largest absolute Gasteiger partial charge is 0.371 e. The molecule has 0 aliphatic rings. The van der Waals surface area contributed by atoms with Crippen LogP contribution < -0.4 is 10.2 Å². The van der Waals surface area contributed by atoms with Crippen molar-refractivity contribution in [2.75, 3.05) is 31.0 Å². The number of nitrogens with zero attached hydrogens (tertiary/aromatic N) is 1. The first kappa shape index (κ1) is 16.7. The molecule has 108 valence electrons. The Balaban J connectivity index is 2.93. The molecule has 4 heteroatoms. The van der Waals surface area contributed by atoms with Gasteiger partial charge in [0.25, 0.3) is 0 Å². The summed E-state index contributed by atoms with van der Waals surface area (Å²) in [5.41, 5.74) is 2.34. The van der Waals surface area contributed by atoms with E-state index in [0.29, 0.717) is 6.04 Å². The Hall–Kier alpha value is -0.380. The zero-order chi connectivity index (χ0) is 14.4. The smallest absolute Gasteiger partial charge is 0.0474 e. The maximum Gasteiger partial charge on any atom is 0.0474 e. The summed E-state index contributed by atoms with van der Waals surface area (Å²) in [5.74, 6) is 1.14. The van der Waals surface area contributed by atoms with Crippen LogP contribution in [0, 0.1) is 0 Å². The van der Waals surface area contributed by atoms with Crippen LogP contribution in [0.4, 0.5) is 5.69 Å². The number of hydrogen-bond acceptors (Lipinski definition) is 3. The average Bonchev–Trinajstić information content (AvgIpc) is 2.43. The van der Waals surface area contributed by atoms with E-state index in [1.807, 2.05) is 18.8 Å². The van der Waals surface area contributed by atoms with Crippen molar-refractivity contribution in [1.82, 2.24) is 5.32 Å². The number of halogens is 1. The molecule has 1 aromatic rings. The number of anilines is 1. The fourth-order valence-corrected chi connectivity index (χ4v) is 3.33. The van der Waals surface area contributed by atoms with Crippen LogP contribution in [0.1, 0.15) is 31.9 Å². The third-order valence-electron chi connectivity index (χ3n) is 3.67. The van der Waals surface area contributed by atoms with E-state index < -0.39 is 0 Å². The summed E-state index contributed by atoms with van der Waals surface area (Å²) in [6, 6.07) is 7.20. The summed E-state index contributed by atoms with van der Waals surface area (Å²) in [7, 11) is 4.10. The lowest BCUT2D eigenvalue weighted by Gasteiger charge is -2.29. The Bertz CT molecular complexity index is 398. The molecule has 1 rings (SSSR count). The molecule has 0 spiro atoms. The molecule has 1 N–H and O–H groups in total. The minimum atomic E-state index is 0.278. The number of benzene rings is 1. The summed E-state index contributed by atoms with van der Waals surface area (Å²) in [4.78, 5) is 2.33. The van der Waals surface area contributed by atoms with E-state index in [1.165, 1.54) is 5.69 Å². The van der Waals surface area contributed by atoms with E-state index in [9.17, 15) is 0 Å². The van der Waals surface area contributed by atoms with Crippen molar-refractivity contribution >= 4 is 29.1 Å². The predicted octanol–water partition coefficient (Wildman–Crippen LogP) is 4.20. The highest BCUT2D eigenvalue weighted by atomic mass is 35.5. The first-order chi connectivity index (χ1) is 9.04. The summed E-state index contributed by atoms with van der Waals surface area (Å²) in [6.07, 6.45) is 3.30. The van der Waals surface area contributed by atoms with Gasteiger partial charge in [-0.05, 0) is 44.3 Å². The Morgan fingerprint density at radius 2 is 2.11 bits per heavy atom. The van der Waals surface area contributed by atoms with Crippen molar-refractivity contribution in [3.05, 3.63) is 28.8 Å². The van der Waals surface area contributed by atoms with Crippen LogP contribution in [-0.2, 0) is 0 Å². The first-order valence-corrected chi connectivity index (χ1v) is 8.50. The molecule has 2 nitrogen and oxygen atoms in total. The molecule has 0 saturated carbocycles. The van der Waals surface area contributed by atoms with Crippen molar-refractivity contribution in [2.45, 2.75) is 32.4 Å². The van der Waals surface area contributed by atoms with E-state index >= 15 is 0 Å². The number of nitrogens with one attached hydrogen (secondary N) is 1. The number of rotatable bonds is 7. The topological polar surface area (TPSA) is 15.3 Å². The molecule has 0 bridgehead atoms. The molecule has 0 radical (unpaired) electrons. The van der Waals surface area contributed by atoms with Crippen LogP contribution >= 0.6 is 23.4 Å². The van der Waals surface area contributed by atoms with Gasteiger partial charge in [0.15, 0.2) is 0 Å².